The highest BCUT2D eigenvalue weighted by molar-refractivity contribution is 5.93. The van der Waals surface area contributed by atoms with Gasteiger partial charge in [-0.15, -0.1) is 0 Å². The summed E-state index contributed by atoms with van der Waals surface area (Å²) < 4.78 is 11.1. The predicted octanol–water partition coefficient (Wildman–Crippen LogP) is 3.16. The van der Waals surface area contributed by atoms with Gasteiger partial charge in [-0.25, -0.2) is 0 Å². The summed E-state index contributed by atoms with van der Waals surface area (Å²) >= 11 is 0. The number of hydrogen-bond acceptors (Lipinski definition) is 4. The molecule has 0 saturated carbocycles. The van der Waals surface area contributed by atoms with E-state index in [1.807, 2.05) is 24.3 Å². The number of benzene rings is 2. The molecule has 0 unspecified atom stereocenters. The zero-order valence-electron chi connectivity index (χ0n) is 16.4. The van der Waals surface area contributed by atoms with Gasteiger partial charge in [0.2, 0.25) is 11.8 Å². The first-order chi connectivity index (χ1) is 13.4. The van der Waals surface area contributed by atoms with Gasteiger partial charge in [0.15, 0.2) is 11.5 Å². The first-order valence-electron chi connectivity index (χ1n) is 9.04. The molecule has 2 aromatic rings. The number of amides is 2. The molecule has 0 bridgehead atoms. The van der Waals surface area contributed by atoms with Gasteiger partial charge in [-0.1, -0.05) is 32.0 Å². The predicted molar refractivity (Wildman–Crippen MR) is 109 cm³/mol. The molecule has 0 aliphatic heterocycles. The quantitative estimate of drug-likeness (QED) is 0.652. The van der Waals surface area contributed by atoms with Gasteiger partial charge in [-0.3, -0.25) is 9.59 Å². The van der Waals surface area contributed by atoms with Crippen LogP contribution in [0.5, 0.6) is 11.5 Å². The SMILES string of the molecule is COc1cc(/C=C/C(=O)NCc2cccc(C(N)=O)c2)ccc1OCC(C)C. The van der Waals surface area contributed by atoms with Crippen LogP contribution >= 0.6 is 0 Å². The highest BCUT2D eigenvalue weighted by Gasteiger charge is 2.06. The van der Waals surface area contributed by atoms with Gasteiger partial charge in [0.05, 0.1) is 13.7 Å². The van der Waals surface area contributed by atoms with E-state index in [-0.39, 0.29) is 5.91 Å². The number of carbonyl (C=O) groups excluding carboxylic acids is 2. The van der Waals surface area contributed by atoms with E-state index in [1.54, 1.807) is 31.4 Å². The van der Waals surface area contributed by atoms with Gasteiger partial charge in [0.25, 0.3) is 0 Å². The van der Waals surface area contributed by atoms with Crippen LogP contribution in [0.25, 0.3) is 6.08 Å². The third-order valence-corrected chi connectivity index (χ3v) is 3.87. The number of hydrogen-bond donors (Lipinski definition) is 2. The minimum Gasteiger partial charge on any atom is -0.493 e. The lowest BCUT2D eigenvalue weighted by Gasteiger charge is -2.12. The van der Waals surface area contributed by atoms with Gasteiger partial charge in [0.1, 0.15) is 0 Å². The Labute approximate surface area is 165 Å². The average molecular weight is 382 g/mol. The van der Waals surface area contributed by atoms with Crippen LogP contribution in [0.4, 0.5) is 0 Å². The summed E-state index contributed by atoms with van der Waals surface area (Å²) in [6.45, 7) is 5.05. The van der Waals surface area contributed by atoms with E-state index in [9.17, 15) is 9.59 Å². The Hall–Kier alpha value is -3.28. The van der Waals surface area contributed by atoms with E-state index in [4.69, 9.17) is 15.2 Å². The lowest BCUT2D eigenvalue weighted by Crippen LogP contribution is -2.20. The maximum atomic E-state index is 12.1. The summed E-state index contributed by atoms with van der Waals surface area (Å²) in [5, 5.41) is 2.77. The maximum Gasteiger partial charge on any atom is 0.248 e. The van der Waals surface area contributed by atoms with Crippen molar-refractivity contribution in [3.63, 3.8) is 0 Å². The van der Waals surface area contributed by atoms with E-state index >= 15 is 0 Å². The third kappa shape index (κ3) is 6.46. The third-order valence-electron chi connectivity index (χ3n) is 3.87. The number of rotatable bonds is 9. The molecule has 2 rings (SSSR count). The van der Waals surface area contributed by atoms with Crippen LogP contribution in [-0.2, 0) is 11.3 Å². The van der Waals surface area contributed by atoms with Crippen molar-refractivity contribution in [2.75, 3.05) is 13.7 Å². The van der Waals surface area contributed by atoms with E-state index < -0.39 is 5.91 Å². The monoisotopic (exact) mass is 382 g/mol. The molecule has 0 radical (unpaired) electrons. The second-order valence-corrected chi connectivity index (χ2v) is 6.73. The number of nitrogens with one attached hydrogen (secondary N) is 1. The molecule has 0 fully saturated rings. The Kier molecular flexibility index (Phi) is 7.63. The molecule has 2 amide bonds. The minimum absolute atomic E-state index is 0.247. The Balaban J connectivity index is 1.96. The average Bonchev–Trinajstić information content (AvgIpc) is 2.69. The van der Waals surface area contributed by atoms with Gasteiger partial charge in [-0.2, -0.15) is 0 Å². The van der Waals surface area contributed by atoms with Crippen molar-refractivity contribution in [3.05, 3.63) is 65.2 Å². The molecule has 6 heteroatoms. The standard InChI is InChI=1S/C22H26N2O4/c1-15(2)14-28-19-9-7-16(12-20(19)27-3)8-10-21(25)24-13-17-5-4-6-18(11-17)22(23)26/h4-12,15H,13-14H2,1-3H3,(H2,23,26)(H,24,25)/b10-8+. The molecule has 0 heterocycles. The minimum atomic E-state index is -0.497. The second-order valence-electron chi connectivity index (χ2n) is 6.73. The largest absolute Gasteiger partial charge is 0.493 e. The topological polar surface area (TPSA) is 90.6 Å². The van der Waals surface area contributed by atoms with Crippen molar-refractivity contribution in [2.24, 2.45) is 11.7 Å². The Morgan fingerprint density at radius 2 is 1.93 bits per heavy atom. The Morgan fingerprint density at radius 1 is 1.14 bits per heavy atom. The first kappa shape index (κ1) is 21.0. The molecule has 0 atom stereocenters. The molecule has 6 nitrogen and oxygen atoms in total. The molecule has 3 N–H and O–H groups in total. The van der Waals surface area contributed by atoms with E-state index in [0.717, 1.165) is 11.1 Å². The van der Waals surface area contributed by atoms with Crippen molar-refractivity contribution in [1.82, 2.24) is 5.32 Å². The van der Waals surface area contributed by atoms with Crippen molar-refractivity contribution in [1.29, 1.82) is 0 Å². The number of primary amides is 1. The normalized spacial score (nSPS) is 10.9. The summed E-state index contributed by atoms with van der Waals surface area (Å²) in [7, 11) is 1.58. The van der Waals surface area contributed by atoms with Crippen molar-refractivity contribution in [3.8, 4) is 11.5 Å². The second kappa shape index (κ2) is 10.2. The lowest BCUT2D eigenvalue weighted by molar-refractivity contribution is -0.116. The molecular formula is C22H26N2O4. The van der Waals surface area contributed by atoms with Crippen molar-refractivity contribution >= 4 is 17.9 Å². The van der Waals surface area contributed by atoms with Crippen LogP contribution < -0.4 is 20.5 Å². The summed E-state index contributed by atoms with van der Waals surface area (Å²) in [6, 6.07) is 12.3. The van der Waals surface area contributed by atoms with E-state index in [2.05, 4.69) is 19.2 Å². The summed E-state index contributed by atoms with van der Waals surface area (Å²) in [6.07, 6.45) is 3.14. The Morgan fingerprint density at radius 3 is 2.61 bits per heavy atom. The molecule has 0 aliphatic carbocycles. The number of carbonyl (C=O) groups is 2. The summed E-state index contributed by atoms with van der Waals surface area (Å²) in [4.78, 5) is 23.3. The van der Waals surface area contributed by atoms with Crippen molar-refractivity contribution < 1.29 is 19.1 Å². The molecule has 0 saturated heterocycles. The highest BCUT2D eigenvalue weighted by atomic mass is 16.5. The number of ether oxygens (including phenoxy) is 2. The fraction of sp³-hybridized carbons (Fsp3) is 0.273. The van der Waals surface area contributed by atoms with Crippen LogP contribution in [0.15, 0.2) is 48.5 Å². The van der Waals surface area contributed by atoms with Crippen LogP contribution in [0.2, 0.25) is 0 Å². The van der Waals surface area contributed by atoms with E-state index in [1.165, 1.54) is 6.08 Å². The van der Waals surface area contributed by atoms with Gasteiger partial charge in [-0.05, 0) is 47.4 Å². The zero-order valence-corrected chi connectivity index (χ0v) is 16.4. The fourth-order valence-corrected chi connectivity index (χ4v) is 2.42. The molecule has 0 aliphatic rings. The highest BCUT2D eigenvalue weighted by Crippen LogP contribution is 2.28. The molecule has 2 aromatic carbocycles. The van der Waals surface area contributed by atoms with Gasteiger partial charge < -0.3 is 20.5 Å². The smallest absolute Gasteiger partial charge is 0.248 e. The lowest BCUT2D eigenvalue weighted by atomic mass is 10.1. The first-order valence-corrected chi connectivity index (χ1v) is 9.04. The summed E-state index contributed by atoms with van der Waals surface area (Å²) in [5.41, 5.74) is 7.29. The fourth-order valence-electron chi connectivity index (χ4n) is 2.42. The summed E-state index contributed by atoms with van der Waals surface area (Å²) in [5.74, 6) is 0.960. The van der Waals surface area contributed by atoms with Crippen molar-refractivity contribution in [2.45, 2.75) is 20.4 Å². The van der Waals surface area contributed by atoms with Crippen LogP contribution in [0.1, 0.15) is 35.3 Å². The molecule has 0 spiro atoms. The Bertz CT molecular complexity index is 859. The van der Waals surface area contributed by atoms with Gasteiger partial charge >= 0.3 is 0 Å². The van der Waals surface area contributed by atoms with Gasteiger partial charge in [0, 0.05) is 18.2 Å². The zero-order chi connectivity index (χ0) is 20.5. The van der Waals surface area contributed by atoms with Crippen LogP contribution in [0, 0.1) is 5.92 Å². The van der Waals surface area contributed by atoms with Crippen LogP contribution in [-0.4, -0.2) is 25.5 Å². The van der Waals surface area contributed by atoms with E-state index in [0.29, 0.717) is 36.1 Å². The molecule has 0 aromatic heterocycles. The molecule has 28 heavy (non-hydrogen) atoms. The maximum absolute atomic E-state index is 12.1. The number of methoxy groups -OCH3 is 1. The molecular weight excluding hydrogens is 356 g/mol. The van der Waals surface area contributed by atoms with Crippen LogP contribution in [0.3, 0.4) is 0 Å². The molecule has 148 valence electrons. The number of nitrogens with two attached hydrogens (primary N) is 1.